The minimum Gasteiger partial charge on any atom is -0.370 e. The van der Waals surface area contributed by atoms with Crippen molar-refractivity contribution in [1.29, 1.82) is 0 Å². The topological polar surface area (TPSA) is 44.9 Å². The summed E-state index contributed by atoms with van der Waals surface area (Å²) < 4.78 is 0. The molecular formula is C13H24N4. The maximum Gasteiger partial charge on any atom is 0.192 e. The lowest BCUT2D eigenvalue weighted by Gasteiger charge is -2.56. The number of guanidine groups is 1. The molecule has 3 saturated heterocycles. The van der Waals surface area contributed by atoms with Crippen LogP contribution in [0.4, 0.5) is 0 Å². The molecule has 4 heteroatoms. The molecule has 4 rings (SSSR count). The van der Waals surface area contributed by atoms with Crippen LogP contribution in [0.15, 0.2) is 4.99 Å². The molecule has 2 bridgehead atoms. The molecule has 0 radical (unpaired) electrons. The quantitative estimate of drug-likeness (QED) is 0.774. The maximum atomic E-state index is 6.15. The number of nitrogens with zero attached hydrogens (tertiary/aromatic N) is 3. The van der Waals surface area contributed by atoms with E-state index < -0.39 is 0 Å². The summed E-state index contributed by atoms with van der Waals surface area (Å²) >= 11 is 0. The third-order valence-electron chi connectivity index (χ3n) is 5.12. The van der Waals surface area contributed by atoms with E-state index in [4.69, 9.17) is 5.73 Å². The van der Waals surface area contributed by atoms with Crippen molar-refractivity contribution in [1.82, 2.24) is 9.80 Å². The van der Waals surface area contributed by atoms with Gasteiger partial charge >= 0.3 is 0 Å². The number of nitrogens with two attached hydrogens (primary N) is 1. The fourth-order valence-electron chi connectivity index (χ4n) is 4.04. The Bertz CT molecular complexity index is 332. The molecule has 0 aromatic carbocycles. The molecule has 4 aliphatic heterocycles. The van der Waals surface area contributed by atoms with E-state index in [-0.39, 0.29) is 5.54 Å². The van der Waals surface area contributed by atoms with Crippen molar-refractivity contribution in [2.45, 2.75) is 44.7 Å². The molecule has 3 fully saturated rings. The highest BCUT2D eigenvalue weighted by atomic mass is 15.4. The van der Waals surface area contributed by atoms with Gasteiger partial charge in [0, 0.05) is 12.6 Å². The van der Waals surface area contributed by atoms with Crippen molar-refractivity contribution in [2.75, 3.05) is 26.2 Å². The molecule has 4 heterocycles. The summed E-state index contributed by atoms with van der Waals surface area (Å²) in [6.45, 7) is 9.18. The lowest BCUT2D eigenvalue weighted by Crippen LogP contribution is -2.69. The Morgan fingerprint density at radius 3 is 2.71 bits per heavy atom. The highest BCUT2D eigenvalue weighted by Crippen LogP contribution is 2.43. The van der Waals surface area contributed by atoms with Gasteiger partial charge in [-0.3, -0.25) is 4.99 Å². The number of aliphatic imine (C=N–C) groups is 1. The minimum atomic E-state index is 0.232. The number of fused-ring (bicyclic) bond motifs is 2. The van der Waals surface area contributed by atoms with E-state index in [1.54, 1.807) is 0 Å². The van der Waals surface area contributed by atoms with Gasteiger partial charge in [0.1, 0.15) is 0 Å². The first-order chi connectivity index (χ1) is 8.17. The first kappa shape index (κ1) is 11.3. The second kappa shape index (κ2) is 3.87. The zero-order valence-corrected chi connectivity index (χ0v) is 11.0. The molecule has 0 amide bonds. The molecule has 2 N–H and O–H groups in total. The van der Waals surface area contributed by atoms with E-state index in [2.05, 4.69) is 28.6 Å². The fourth-order valence-corrected chi connectivity index (χ4v) is 4.04. The summed E-state index contributed by atoms with van der Waals surface area (Å²) in [6, 6.07) is 0.516. The van der Waals surface area contributed by atoms with E-state index in [1.165, 1.54) is 32.5 Å². The van der Waals surface area contributed by atoms with E-state index in [0.29, 0.717) is 6.04 Å². The van der Waals surface area contributed by atoms with Gasteiger partial charge in [0.2, 0.25) is 0 Å². The number of hydrogen-bond donors (Lipinski definition) is 1. The highest BCUT2D eigenvalue weighted by Gasteiger charge is 2.54. The largest absolute Gasteiger partial charge is 0.370 e. The van der Waals surface area contributed by atoms with Gasteiger partial charge in [0.25, 0.3) is 0 Å². The van der Waals surface area contributed by atoms with Crippen molar-refractivity contribution >= 4 is 5.96 Å². The van der Waals surface area contributed by atoms with Crippen LogP contribution in [0.3, 0.4) is 0 Å². The normalized spacial score (nSPS) is 42.0. The Kier molecular flexibility index (Phi) is 2.58. The minimum absolute atomic E-state index is 0.232. The maximum absolute atomic E-state index is 6.15. The Labute approximate surface area is 104 Å². The van der Waals surface area contributed by atoms with E-state index >= 15 is 0 Å². The van der Waals surface area contributed by atoms with E-state index in [0.717, 1.165) is 24.8 Å². The molecule has 0 aliphatic carbocycles. The number of rotatable bonds is 2. The highest BCUT2D eigenvalue weighted by molar-refractivity contribution is 5.81. The van der Waals surface area contributed by atoms with Gasteiger partial charge in [-0.2, -0.15) is 0 Å². The number of piperidine rings is 3. The van der Waals surface area contributed by atoms with Gasteiger partial charge in [0.15, 0.2) is 5.96 Å². The Balaban J connectivity index is 1.91. The van der Waals surface area contributed by atoms with Gasteiger partial charge < -0.3 is 15.5 Å². The van der Waals surface area contributed by atoms with E-state index in [1.807, 2.05) is 0 Å². The van der Waals surface area contributed by atoms with Crippen LogP contribution in [-0.4, -0.2) is 53.5 Å². The van der Waals surface area contributed by atoms with Crippen LogP contribution in [0.25, 0.3) is 0 Å². The van der Waals surface area contributed by atoms with Gasteiger partial charge in [-0.05, 0) is 45.2 Å². The summed E-state index contributed by atoms with van der Waals surface area (Å²) in [5, 5.41) is 0. The first-order valence-electron chi connectivity index (χ1n) is 6.99. The standard InChI is InChI=1S/C13H24N4/c1-3-10(2)17-12(14)15-8-13(17)9-16-6-4-11(13)5-7-16/h10-11H,3-9H2,1-2H3,(H2,14,15). The zero-order valence-electron chi connectivity index (χ0n) is 11.0. The summed E-state index contributed by atoms with van der Waals surface area (Å²) in [7, 11) is 0. The average molecular weight is 236 g/mol. The van der Waals surface area contributed by atoms with Crippen LogP contribution in [0.1, 0.15) is 33.1 Å². The molecule has 1 spiro atoms. The predicted molar refractivity (Wildman–Crippen MR) is 70.0 cm³/mol. The fraction of sp³-hybridized carbons (Fsp3) is 0.923. The molecule has 2 unspecified atom stereocenters. The predicted octanol–water partition coefficient (Wildman–Crippen LogP) is 0.880. The van der Waals surface area contributed by atoms with Gasteiger partial charge in [-0.1, -0.05) is 6.92 Å². The first-order valence-corrected chi connectivity index (χ1v) is 6.99. The van der Waals surface area contributed by atoms with Crippen molar-refractivity contribution in [3.8, 4) is 0 Å². The number of hydrogen-bond acceptors (Lipinski definition) is 4. The van der Waals surface area contributed by atoms with Crippen molar-refractivity contribution in [3.05, 3.63) is 0 Å². The van der Waals surface area contributed by atoms with Gasteiger partial charge in [0.05, 0.1) is 12.1 Å². The molecular weight excluding hydrogens is 212 g/mol. The van der Waals surface area contributed by atoms with E-state index in [9.17, 15) is 0 Å². The average Bonchev–Trinajstić information content (AvgIpc) is 2.67. The second-order valence-electron chi connectivity index (χ2n) is 5.96. The molecule has 17 heavy (non-hydrogen) atoms. The smallest absolute Gasteiger partial charge is 0.192 e. The Morgan fingerprint density at radius 2 is 2.18 bits per heavy atom. The molecule has 0 aromatic heterocycles. The monoisotopic (exact) mass is 236 g/mol. The summed E-state index contributed by atoms with van der Waals surface area (Å²) in [5.74, 6) is 1.58. The summed E-state index contributed by atoms with van der Waals surface area (Å²) in [5.41, 5.74) is 6.38. The summed E-state index contributed by atoms with van der Waals surface area (Å²) in [4.78, 5) is 9.62. The van der Waals surface area contributed by atoms with Crippen LogP contribution in [0.5, 0.6) is 0 Å². The molecule has 2 atom stereocenters. The Hall–Kier alpha value is -0.770. The van der Waals surface area contributed by atoms with Crippen molar-refractivity contribution in [3.63, 3.8) is 0 Å². The third-order valence-corrected chi connectivity index (χ3v) is 5.12. The lowest BCUT2D eigenvalue weighted by molar-refractivity contribution is -0.0408. The van der Waals surface area contributed by atoms with Crippen molar-refractivity contribution in [2.24, 2.45) is 16.6 Å². The van der Waals surface area contributed by atoms with Crippen LogP contribution < -0.4 is 5.73 Å². The molecule has 4 nitrogen and oxygen atoms in total. The Morgan fingerprint density at radius 1 is 1.47 bits per heavy atom. The SMILES string of the molecule is CCC(C)N1C(N)=NCC12CN1CCC2CC1. The molecule has 0 saturated carbocycles. The third kappa shape index (κ3) is 1.49. The van der Waals surface area contributed by atoms with Crippen LogP contribution in [-0.2, 0) is 0 Å². The zero-order chi connectivity index (χ0) is 12.0. The molecule has 0 aromatic rings. The molecule has 4 aliphatic rings. The summed E-state index contributed by atoms with van der Waals surface area (Å²) in [6.07, 6.45) is 3.80. The van der Waals surface area contributed by atoms with Crippen LogP contribution in [0.2, 0.25) is 0 Å². The van der Waals surface area contributed by atoms with Crippen LogP contribution >= 0.6 is 0 Å². The van der Waals surface area contributed by atoms with Crippen LogP contribution in [0, 0.1) is 5.92 Å². The van der Waals surface area contributed by atoms with Crippen molar-refractivity contribution < 1.29 is 0 Å². The van der Waals surface area contributed by atoms with Gasteiger partial charge in [-0.15, -0.1) is 0 Å². The lowest BCUT2D eigenvalue weighted by atomic mass is 9.71. The molecule has 96 valence electrons. The van der Waals surface area contributed by atoms with Gasteiger partial charge in [-0.25, -0.2) is 0 Å². The second-order valence-corrected chi connectivity index (χ2v) is 5.96.